The molecule has 1 aromatic carbocycles. The summed E-state index contributed by atoms with van der Waals surface area (Å²) in [6.07, 6.45) is 4.56. The van der Waals surface area contributed by atoms with Gasteiger partial charge in [-0.2, -0.15) is 0 Å². The van der Waals surface area contributed by atoms with Crippen LogP contribution in [-0.2, 0) is 17.7 Å². The third-order valence-corrected chi connectivity index (χ3v) is 3.20. The maximum atomic E-state index is 11.5. The van der Waals surface area contributed by atoms with Crippen LogP contribution in [0.25, 0.3) is 0 Å². The molecular formula is C19H30N2O2. The molecule has 23 heavy (non-hydrogen) atoms. The van der Waals surface area contributed by atoms with Crippen molar-refractivity contribution in [3.05, 3.63) is 48.0 Å². The van der Waals surface area contributed by atoms with E-state index in [4.69, 9.17) is 4.74 Å². The van der Waals surface area contributed by atoms with Gasteiger partial charge in [-0.05, 0) is 57.7 Å². The zero-order valence-electron chi connectivity index (χ0n) is 14.7. The zero-order chi connectivity index (χ0) is 17.1. The number of amides is 1. The van der Waals surface area contributed by atoms with Crippen molar-refractivity contribution in [1.29, 1.82) is 0 Å². The van der Waals surface area contributed by atoms with Crippen LogP contribution in [0.4, 0.5) is 4.79 Å². The van der Waals surface area contributed by atoms with Crippen molar-refractivity contribution in [2.45, 2.75) is 52.2 Å². The first-order valence-corrected chi connectivity index (χ1v) is 8.27. The fourth-order valence-electron chi connectivity index (χ4n) is 2.05. The molecule has 0 aliphatic heterocycles. The minimum absolute atomic E-state index is 0.363. The Labute approximate surface area is 140 Å². The molecule has 0 heterocycles. The molecule has 1 aromatic rings. The number of ether oxygens (including phenoxy) is 1. The van der Waals surface area contributed by atoms with Gasteiger partial charge in [0.2, 0.25) is 0 Å². The summed E-state index contributed by atoms with van der Waals surface area (Å²) >= 11 is 0. The van der Waals surface area contributed by atoms with Crippen molar-refractivity contribution in [3.8, 4) is 0 Å². The van der Waals surface area contributed by atoms with Gasteiger partial charge in [0.1, 0.15) is 5.60 Å². The Hall–Kier alpha value is -1.81. The molecule has 0 fully saturated rings. The molecule has 4 nitrogen and oxygen atoms in total. The number of carbonyl (C=O) groups is 1. The van der Waals surface area contributed by atoms with Gasteiger partial charge in [0, 0.05) is 13.1 Å². The number of alkyl carbamates (subject to hydrolysis) is 1. The van der Waals surface area contributed by atoms with E-state index in [9.17, 15) is 4.79 Å². The predicted octanol–water partition coefficient (Wildman–Crippen LogP) is 3.81. The minimum atomic E-state index is -0.454. The van der Waals surface area contributed by atoms with Gasteiger partial charge in [0.05, 0.1) is 0 Å². The van der Waals surface area contributed by atoms with Gasteiger partial charge >= 0.3 is 6.09 Å². The van der Waals surface area contributed by atoms with Gasteiger partial charge < -0.3 is 15.4 Å². The molecule has 0 aliphatic rings. The van der Waals surface area contributed by atoms with E-state index in [1.165, 1.54) is 11.1 Å². The lowest BCUT2D eigenvalue weighted by Crippen LogP contribution is -2.33. The average Bonchev–Trinajstić information content (AvgIpc) is 2.47. The molecule has 1 rings (SSSR count). The molecule has 0 radical (unpaired) electrons. The molecule has 0 aromatic heterocycles. The summed E-state index contributed by atoms with van der Waals surface area (Å²) in [6, 6.07) is 8.47. The quantitative estimate of drug-likeness (QED) is 0.538. The summed E-state index contributed by atoms with van der Waals surface area (Å²) in [5.74, 6) is 0. The van der Waals surface area contributed by atoms with E-state index < -0.39 is 5.60 Å². The van der Waals surface area contributed by atoms with Gasteiger partial charge in [-0.15, -0.1) is 6.58 Å². The second-order valence-corrected chi connectivity index (χ2v) is 6.60. The van der Waals surface area contributed by atoms with Crippen LogP contribution in [0.5, 0.6) is 0 Å². The van der Waals surface area contributed by atoms with E-state index in [0.29, 0.717) is 6.54 Å². The molecule has 0 spiro atoms. The number of allylic oxidation sites excluding steroid dienone is 1. The summed E-state index contributed by atoms with van der Waals surface area (Å²) in [4.78, 5) is 11.5. The van der Waals surface area contributed by atoms with Gasteiger partial charge in [-0.3, -0.25) is 0 Å². The SMILES string of the molecule is C=CCCCNCc1ccc(CCNC(=O)OC(C)(C)C)cc1. The molecule has 0 bridgehead atoms. The van der Waals surface area contributed by atoms with Crippen molar-refractivity contribution in [1.82, 2.24) is 10.6 Å². The van der Waals surface area contributed by atoms with Crippen LogP contribution >= 0.6 is 0 Å². The monoisotopic (exact) mass is 318 g/mol. The highest BCUT2D eigenvalue weighted by molar-refractivity contribution is 5.67. The second kappa shape index (κ2) is 10.1. The van der Waals surface area contributed by atoms with Crippen molar-refractivity contribution in [2.75, 3.05) is 13.1 Å². The predicted molar refractivity (Wildman–Crippen MR) is 95.5 cm³/mol. The third kappa shape index (κ3) is 9.74. The fourth-order valence-corrected chi connectivity index (χ4v) is 2.05. The first-order chi connectivity index (χ1) is 10.9. The Balaban J connectivity index is 2.23. The Morgan fingerprint density at radius 2 is 1.83 bits per heavy atom. The van der Waals surface area contributed by atoms with Crippen molar-refractivity contribution in [3.63, 3.8) is 0 Å². The van der Waals surface area contributed by atoms with Gasteiger partial charge in [-0.1, -0.05) is 30.3 Å². The first-order valence-electron chi connectivity index (χ1n) is 8.27. The molecular weight excluding hydrogens is 288 g/mol. The number of rotatable bonds is 9. The molecule has 0 saturated heterocycles. The van der Waals surface area contributed by atoms with E-state index in [0.717, 1.165) is 32.4 Å². The topological polar surface area (TPSA) is 50.4 Å². The highest BCUT2D eigenvalue weighted by atomic mass is 16.6. The van der Waals surface area contributed by atoms with E-state index in [-0.39, 0.29) is 6.09 Å². The Morgan fingerprint density at radius 3 is 2.43 bits per heavy atom. The third-order valence-electron chi connectivity index (χ3n) is 3.20. The summed E-state index contributed by atoms with van der Waals surface area (Å²) in [5.41, 5.74) is 2.02. The van der Waals surface area contributed by atoms with E-state index in [1.807, 2.05) is 26.8 Å². The molecule has 0 atom stereocenters. The van der Waals surface area contributed by atoms with Crippen LogP contribution in [0.3, 0.4) is 0 Å². The maximum absolute atomic E-state index is 11.5. The zero-order valence-corrected chi connectivity index (χ0v) is 14.7. The second-order valence-electron chi connectivity index (χ2n) is 6.60. The smallest absolute Gasteiger partial charge is 0.407 e. The van der Waals surface area contributed by atoms with E-state index in [2.05, 4.69) is 41.5 Å². The van der Waals surface area contributed by atoms with Crippen molar-refractivity contribution in [2.24, 2.45) is 0 Å². The number of hydrogen-bond donors (Lipinski definition) is 2. The van der Waals surface area contributed by atoms with Crippen LogP contribution in [0.15, 0.2) is 36.9 Å². The molecule has 2 N–H and O–H groups in total. The Bertz CT molecular complexity index is 475. The lowest BCUT2D eigenvalue weighted by Gasteiger charge is -2.19. The van der Waals surface area contributed by atoms with Crippen LogP contribution in [0.2, 0.25) is 0 Å². The largest absolute Gasteiger partial charge is 0.444 e. The highest BCUT2D eigenvalue weighted by Crippen LogP contribution is 2.07. The molecule has 4 heteroatoms. The van der Waals surface area contributed by atoms with Crippen molar-refractivity contribution >= 4 is 6.09 Å². The maximum Gasteiger partial charge on any atom is 0.407 e. The number of unbranched alkanes of at least 4 members (excludes halogenated alkanes) is 1. The lowest BCUT2D eigenvalue weighted by molar-refractivity contribution is 0.0528. The fraction of sp³-hybridized carbons (Fsp3) is 0.526. The highest BCUT2D eigenvalue weighted by Gasteiger charge is 2.15. The molecule has 1 amide bonds. The molecule has 0 saturated carbocycles. The number of nitrogens with one attached hydrogen (secondary N) is 2. The average molecular weight is 318 g/mol. The van der Waals surface area contributed by atoms with E-state index >= 15 is 0 Å². The van der Waals surface area contributed by atoms with Crippen molar-refractivity contribution < 1.29 is 9.53 Å². The number of benzene rings is 1. The van der Waals surface area contributed by atoms with Gasteiger partial charge in [0.15, 0.2) is 0 Å². The minimum Gasteiger partial charge on any atom is -0.444 e. The number of hydrogen-bond acceptors (Lipinski definition) is 3. The summed E-state index contributed by atoms with van der Waals surface area (Å²) in [5, 5.41) is 6.19. The molecule has 0 unspecified atom stereocenters. The van der Waals surface area contributed by atoms with Crippen LogP contribution in [0.1, 0.15) is 44.7 Å². The number of carbonyl (C=O) groups excluding carboxylic acids is 1. The normalized spacial score (nSPS) is 11.1. The van der Waals surface area contributed by atoms with Crippen LogP contribution in [-0.4, -0.2) is 24.8 Å². The standard InChI is InChI=1S/C19H30N2O2/c1-5-6-7-13-20-15-17-10-8-16(9-11-17)12-14-21-18(22)23-19(2,3)4/h5,8-11,20H,1,6-7,12-15H2,2-4H3,(H,21,22). The molecule has 0 aliphatic carbocycles. The Morgan fingerprint density at radius 1 is 1.17 bits per heavy atom. The van der Waals surface area contributed by atoms with Gasteiger partial charge in [0.25, 0.3) is 0 Å². The lowest BCUT2D eigenvalue weighted by atomic mass is 10.1. The first kappa shape index (κ1) is 19.2. The van der Waals surface area contributed by atoms with E-state index in [1.54, 1.807) is 0 Å². The summed E-state index contributed by atoms with van der Waals surface area (Å²) in [6.45, 7) is 11.8. The Kier molecular flexibility index (Phi) is 8.41. The van der Waals surface area contributed by atoms with Crippen LogP contribution in [0, 0.1) is 0 Å². The summed E-state index contributed by atoms with van der Waals surface area (Å²) < 4.78 is 5.20. The van der Waals surface area contributed by atoms with Gasteiger partial charge in [-0.25, -0.2) is 4.79 Å². The summed E-state index contributed by atoms with van der Waals surface area (Å²) in [7, 11) is 0. The molecule has 128 valence electrons. The van der Waals surface area contributed by atoms with Crippen LogP contribution < -0.4 is 10.6 Å².